The number of thiophene rings is 1. The van der Waals surface area contributed by atoms with Gasteiger partial charge in [0.15, 0.2) is 11.5 Å². The summed E-state index contributed by atoms with van der Waals surface area (Å²) in [4.78, 5) is 25.1. The fraction of sp³-hybridized carbons (Fsp3) is 0.316. The van der Waals surface area contributed by atoms with Crippen LogP contribution in [0, 0.1) is 20.8 Å². The number of anilines is 1. The van der Waals surface area contributed by atoms with Crippen molar-refractivity contribution in [1.29, 1.82) is 0 Å². The standard InChI is InChI=1S/C19H21N3O3S/c1-10-16-11(2)20-12(3)21-18(16)26-17(10)19(23)22(4)13-7-8-14(24-5)15(9-13)25-6/h7-9H,1-6H3. The number of fused-ring (bicyclic) bond motifs is 1. The van der Waals surface area contributed by atoms with E-state index in [2.05, 4.69) is 9.97 Å². The van der Waals surface area contributed by atoms with E-state index in [1.165, 1.54) is 11.3 Å². The Bertz CT molecular complexity index is 997. The number of hydrogen-bond donors (Lipinski definition) is 0. The molecule has 0 N–H and O–H groups in total. The fourth-order valence-corrected chi connectivity index (χ4v) is 4.23. The Hall–Kier alpha value is -2.67. The normalized spacial score (nSPS) is 10.8. The van der Waals surface area contributed by atoms with Crippen molar-refractivity contribution in [2.45, 2.75) is 20.8 Å². The van der Waals surface area contributed by atoms with Gasteiger partial charge in [0, 0.05) is 29.9 Å². The summed E-state index contributed by atoms with van der Waals surface area (Å²) in [5.41, 5.74) is 2.54. The van der Waals surface area contributed by atoms with Crippen LogP contribution in [0.5, 0.6) is 11.5 Å². The summed E-state index contributed by atoms with van der Waals surface area (Å²) < 4.78 is 10.6. The maximum atomic E-state index is 13.1. The van der Waals surface area contributed by atoms with Gasteiger partial charge in [-0.05, 0) is 38.5 Å². The van der Waals surface area contributed by atoms with E-state index < -0.39 is 0 Å². The first kappa shape index (κ1) is 18.1. The third-order valence-corrected chi connectivity index (χ3v) is 5.51. The predicted octanol–water partition coefficient (Wildman–Crippen LogP) is 3.91. The summed E-state index contributed by atoms with van der Waals surface area (Å²) >= 11 is 1.40. The number of nitrogens with zero attached hydrogens (tertiary/aromatic N) is 3. The average molecular weight is 371 g/mol. The van der Waals surface area contributed by atoms with E-state index in [4.69, 9.17) is 9.47 Å². The van der Waals surface area contributed by atoms with E-state index in [1.54, 1.807) is 38.3 Å². The highest BCUT2D eigenvalue weighted by Gasteiger charge is 2.23. The van der Waals surface area contributed by atoms with Crippen LogP contribution in [0.25, 0.3) is 10.2 Å². The number of benzene rings is 1. The summed E-state index contributed by atoms with van der Waals surface area (Å²) in [5.74, 6) is 1.82. The number of rotatable bonds is 4. The summed E-state index contributed by atoms with van der Waals surface area (Å²) in [7, 11) is 4.90. The van der Waals surface area contributed by atoms with Gasteiger partial charge in [-0.25, -0.2) is 9.97 Å². The number of carbonyl (C=O) groups excluding carboxylic acids is 1. The van der Waals surface area contributed by atoms with E-state index in [-0.39, 0.29) is 5.91 Å². The van der Waals surface area contributed by atoms with Crippen molar-refractivity contribution in [3.8, 4) is 11.5 Å². The molecule has 3 rings (SSSR count). The van der Waals surface area contributed by atoms with Gasteiger partial charge in [0.05, 0.1) is 19.1 Å². The molecule has 2 aromatic heterocycles. The van der Waals surface area contributed by atoms with Crippen molar-refractivity contribution in [3.05, 3.63) is 40.2 Å². The second-order valence-electron chi connectivity index (χ2n) is 6.00. The highest BCUT2D eigenvalue weighted by Crippen LogP contribution is 2.35. The van der Waals surface area contributed by atoms with Crippen LogP contribution in [0.4, 0.5) is 5.69 Å². The molecule has 0 radical (unpaired) electrons. The molecule has 6 nitrogen and oxygen atoms in total. The molecule has 0 bridgehead atoms. The van der Waals surface area contributed by atoms with Crippen molar-refractivity contribution < 1.29 is 14.3 Å². The van der Waals surface area contributed by atoms with Crippen molar-refractivity contribution in [2.75, 3.05) is 26.2 Å². The Morgan fingerprint density at radius 3 is 2.42 bits per heavy atom. The van der Waals surface area contributed by atoms with Crippen LogP contribution >= 0.6 is 11.3 Å². The van der Waals surface area contributed by atoms with Crippen molar-refractivity contribution >= 4 is 33.1 Å². The molecule has 26 heavy (non-hydrogen) atoms. The van der Waals surface area contributed by atoms with Crippen LogP contribution in [0.15, 0.2) is 18.2 Å². The molecule has 0 atom stereocenters. The first-order chi connectivity index (χ1) is 12.4. The van der Waals surface area contributed by atoms with Gasteiger partial charge >= 0.3 is 0 Å². The Morgan fingerprint density at radius 2 is 1.77 bits per heavy atom. The number of aromatic nitrogens is 2. The molecule has 1 aromatic carbocycles. The number of aryl methyl sites for hydroxylation is 3. The monoisotopic (exact) mass is 371 g/mol. The smallest absolute Gasteiger partial charge is 0.268 e. The van der Waals surface area contributed by atoms with Gasteiger partial charge in [0.25, 0.3) is 5.91 Å². The molecule has 2 heterocycles. The van der Waals surface area contributed by atoms with Crippen LogP contribution in [0.2, 0.25) is 0 Å². The predicted molar refractivity (Wildman–Crippen MR) is 104 cm³/mol. The molecule has 136 valence electrons. The molecule has 3 aromatic rings. The van der Waals surface area contributed by atoms with Gasteiger partial charge in [-0.3, -0.25) is 4.79 Å². The number of ether oxygens (including phenoxy) is 2. The Balaban J connectivity index is 2.03. The average Bonchev–Trinajstić information content (AvgIpc) is 2.96. The maximum Gasteiger partial charge on any atom is 0.268 e. The van der Waals surface area contributed by atoms with E-state index >= 15 is 0 Å². The van der Waals surface area contributed by atoms with Crippen LogP contribution in [-0.2, 0) is 0 Å². The van der Waals surface area contributed by atoms with Crippen molar-refractivity contribution in [2.24, 2.45) is 0 Å². The lowest BCUT2D eigenvalue weighted by Gasteiger charge is -2.18. The van der Waals surface area contributed by atoms with Gasteiger partial charge in [-0.2, -0.15) is 0 Å². The van der Waals surface area contributed by atoms with E-state index in [0.717, 1.165) is 27.2 Å². The zero-order chi connectivity index (χ0) is 19.0. The summed E-state index contributed by atoms with van der Waals surface area (Å²) in [6, 6.07) is 5.40. The van der Waals surface area contributed by atoms with Gasteiger partial charge in [-0.1, -0.05) is 0 Å². The van der Waals surface area contributed by atoms with Crippen LogP contribution < -0.4 is 14.4 Å². The van der Waals surface area contributed by atoms with Crippen LogP contribution in [0.3, 0.4) is 0 Å². The summed E-state index contributed by atoms with van der Waals surface area (Å²) in [6.45, 7) is 5.75. The summed E-state index contributed by atoms with van der Waals surface area (Å²) in [6.07, 6.45) is 0. The molecule has 0 aliphatic rings. The van der Waals surface area contributed by atoms with Gasteiger partial charge in [-0.15, -0.1) is 11.3 Å². The first-order valence-electron chi connectivity index (χ1n) is 8.11. The largest absolute Gasteiger partial charge is 0.493 e. The molecule has 0 unspecified atom stereocenters. The zero-order valence-corrected chi connectivity index (χ0v) is 16.5. The van der Waals surface area contributed by atoms with Gasteiger partial charge < -0.3 is 14.4 Å². The third kappa shape index (κ3) is 2.99. The van der Waals surface area contributed by atoms with E-state index in [0.29, 0.717) is 22.2 Å². The molecule has 0 aliphatic carbocycles. The molecule has 0 fully saturated rings. The van der Waals surface area contributed by atoms with Gasteiger partial charge in [0.1, 0.15) is 10.7 Å². The molecule has 0 spiro atoms. The van der Waals surface area contributed by atoms with E-state index in [1.807, 2.05) is 26.8 Å². The number of hydrogen-bond acceptors (Lipinski definition) is 6. The third-order valence-electron chi connectivity index (χ3n) is 4.34. The lowest BCUT2D eigenvalue weighted by atomic mass is 10.1. The quantitative estimate of drug-likeness (QED) is 0.696. The Labute approximate surface area is 156 Å². The lowest BCUT2D eigenvalue weighted by molar-refractivity contribution is 0.0996. The van der Waals surface area contributed by atoms with Crippen molar-refractivity contribution in [3.63, 3.8) is 0 Å². The molecular weight excluding hydrogens is 350 g/mol. The molecular formula is C19H21N3O3S. The molecule has 1 amide bonds. The molecule has 0 aliphatic heterocycles. The Kier molecular flexibility index (Phi) is 4.82. The fourth-order valence-electron chi connectivity index (χ4n) is 2.98. The van der Waals surface area contributed by atoms with Crippen LogP contribution in [-0.4, -0.2) is 37.1 Å². The summed E-state index contributed by atoms with van der Waals surface area (Å²) in [5, 5.41) is 0.963. The minimum absolute atomic E-state index is 0.0882. The molecule has 0 saturated carbocycles. The second kappa shape index (κ2) is 6.92. The SMILES string of the molecule is COc1ccc(N(C)C(=O)c2sc3nc(C)nc(C)c3c2C)cc1OC. The zero-order valence-electron chi connectivity index (χ0n) is 15.7. The highest BCUT2D eigenvalue weighted by atomic mass is 32.1. The minimum atomic E-state index is -0.0882. The number of carbonyl (C=O) groups is 1. The maximum absolute atomic E-state index is 13.1. The number of amides is 1. The second-order valence-corrected chi connectivity index (χ2v) is 7.00. The van der Waals surface area contributed by atoms with Gasteiger partial charge in [0.2, 0.25) is 0 Å². The van der Waals surface area contributed by atoms with E-state index in [9.17, 15) is 4.79 Å². The lowest BCUT2D eigenvalue weighted by Crippen LogP contribution is -2.26. The highest BCUT2D eigenvalue weighted by molar-refractivity contribution is 7.20. The van der Waals surface area contributed by atoms with Crippen LogP contribution in [0.1, 0.15) is 26.8 Å². The first-order valence-corrected chi connectivity index (χ1v) is 8.93. The topological polar surface area (TPSA) is 64.5 Å². The minimum Gasteiger partial charge on any atom is -0.493 e. The van der Waals surface area contributed by atoms with Crippen molar-refractivity contribution in [1.82, 2.24) is 9.97 Å². The Morgan fingerprint density at radius 1 is 1.08 bits per heavy atom. The molecule has 7 heteroatoms. The number of methoxy groups -OCH3 is 2. The molecule has 0 saturated heterocycles.